The van der Waals surface area contributed by atoms with E-state index in [4.69, 9.17) is 0 Å². The summed E-state index contributed by atoms with van der Waals surface area (Å²) in [5.41, 5.74) is -6.12. The molecule has 0 heterocycles. The fourth-order valence-corrected chi connectivity index (χ4v) is 1.98. The molecule has 0 spiro atoms. The molecular formula is C10H7F11O2. The minimum Gasteiger partial charge on any atom is -0.469 e. The molecule has 0 aromatic rings. The van der Waals surface area contributed by atoms with Crippen LogP contribution in [0.2, 0.25) is 0 Å². The lowest BCUT2D eigenvalue weighted by molar-refractivity contribution is -0.485. The van der Waals surface area contributed by atoms with E-state index in [-0.39, 0.29) is 0 Å². The quantitative estimate of drug-likeness (QED) is 0.559. The second kappa shape index (κ2) is 4.85. The maximum atomic E-state index is 14.0. The molecule has 0 amide bonds. The molecule has 0 unspecified atom stereocenters. The molecule has 136 valence electrons. The predicted molar refractivity (Wildman–Crippen MR) is 49.8 cm³/mol. The largest absolute Gasteiger partial charge is 0.469 e. The van der Waals surface area contributed by atoms with Gasteiger partial charge in [0.05, 0.1) is 7.11 Å². The number of methoxy groups -OCH3 is 1. The molecule has 0 saturated heterocycles. The molecular weight excluding hydrogens is 361 g/mol. The van der Waals surface area contributed by atoms with Gasteiger partial charge in [-0.1, -0.05) is 0 Å². The first-order valence-corrected chi connectivity index (χ1v) is 5.60. The maximum absolute atomic E-state index is 14.0. The molecule has 13 heteroatoms. The summed E-state index contributed by atoms with van der Waals surface area (Å²) in [6.07, 6.45) is -4.35. The van der Waals surface area contributed by atoms with E-state index in [1.54, 1.807) is 0 Å². The Kier molecular flexibility index (Phi) is 4.16. The van der Waals surface area contributed by atoms with Crippen LogP contribution in [0, 0.1) is 0 Å². The van der Waals surface area contributed by atoms with Crippen molar-refractivity contribution >= 4 is 5.97 Å². The molecule has 0 atom stereocenters. The van der Waals surface area contributed by atoms with E-state index in [9.17, 15) is 53.1 Å². The van der Waals surface area contributed by atoms with E-state index in [0.717, 1.165) is 0 Å². The number of esters is 1. The monoisotopic (exact) mass is 368 g/mol. The van der Waals surface area contributed by atoms with Crippen molar-refractivity contribution in [2.45, 2.75) is 48.1 Å². The summed E-state index contributed by atoms with van der Waals surface area (Å²) in [6.45, 7) is 0. The molecule has 23 heavy (non-hydrogen) atoms. The number of ether oxygens (including phenoxy) is 1. The number of carbonyl (C=O) groups is 1. The topological polar surface area (TPSA) is 26.3 Å². The van der Waals surface area contributed by atoms with Gasteiger partial charge in [0.15, 0.2) is 0 Å². The first-order valence-electron chi connectivity index (χ1n) is 5.60. The fraction of sp³-hybridized carbons (Fsp3) is 0.900. The third kappa shape index (κ3) is 1.96. The van der Waals surface area contributed by atoms with Crippen LogP contribution in [0.4, 0.5) is 48.3 Å². The van der Waals surface area contributed by atoms with E-state index >= 15 is 0 Å². The van der Waals surface area contributed by atoms with Crippen LogP contribution in [-0.2, 0) is 9.53 Å². The average molecular weight is 368 g/mol. The number of carbonyl (C=O) groups excluding carboxylic acids is 1. The van der Waals surface area contributed by atoms with Crippen molar-refractivity contribution in [3.8, 4) is 0 Å². The van der Waals surface area contributed by atoms with Crippen molar-refractivity contribution < 1.29 is 57.8 Å². The Hall–Kier alpha value is -1.30. The molecule has 2 nitrogen and oxygen atoms in total. The Labute approximate surface area is 120 Å². The standard InChI is InChI=1S/C10H7F11O2/c1-23-4(22)2-3-5(11)6(12,13)8(16,17)10(20,21)9(18,19)7(5,14)15/h2-3H2,1H3. The fourth-order valence-electron chi connectivity index (χ4n) is 1.98. The van der Waals surface area contributed by atoms with Crippen molar-refractivity contribution in [2.75, 3.05) is 7.11 Å². The van der Waals surface area contributed by atoms with Gasteiger partial charge in [-0.05, 0) is 0 Å². The molecule has 0 radical (unpaired) electrons. The van der Waals surface area contributed by atoms with Crippen molar-refractivity contribution in [3.63, 3.8) is 0 Å². The number of hydrogen-bond donors (Lipinski definition) is 0. The van der Waals surface area contributed by atoms with Crippen LogP contribution in [-0.4, -0.2) is 48.4 Å². The van der Waals surface area contributed by atoms with Crippen LogP contribution >= 0.6 is 0 Å². The Morgan fingerprint density at radius 1 is 0.696 bits per heavy atom. The van der Waals surface area contributed by atoms with E-state index in [0.29, 0.717) is 7.11 Å². The summed E-state index contributed by atoms with van der Waals surface area (Å²) in [7, 11) is 0.571. The number of alkyl halides is 11. The van der Waals surface area contributed by atoms with E-state index in [1.165, 1.54) is 0 Å². The zero-order valence-corrected chi connectivity index (χ0v) is 10.9. The summed E-state index contributed by atoms with van der Waals surface area (Å²) in [4.78, 5) is 10.7. The molecule has 0 aliphatic heterocycles. The van der Waals surface area contributed by atoms with Crippen molar-refractivity contribution in [2.24, 2.45) is 0 Å². The Morgan fingerprint density at radius 3 is 1.30 bits per heavy atom. The van der Waals surface area contributed by atoms with E-state index in [1.807, 2.05) is 0 Å². The molecule has 1 aliphatic carbocycles. The molecule has 1 fully saturated rings. The van der Waals surface area contributed by atoms with Crippen LogP contribution in [0.5, 0.6) is 0 Å². The lowest BCUT2D eigenvalue weighted by Gasteiger charge is -2.52. The average Bonchev–Trinajstić information content (AvgIpc) is 2.41. The highest BCUT2D eigenvalue weighted by molar-refractivity contribution is 5.69. The second-order valence-corrected chi connectivity index (χ2v) is 4.75. The van der Waals surface area contributed by atoms with Gasteiger partial charge < -0.3 is 4.74 Å². The number of rotatable bonds is 3. The van der Waals surface area contributed by atoms with Crippen molar-refractivity contribution in [1.29, 1.82) is 0 Å². The second-order valence-electron chi connectivity index (χ2n) is 4.75. The SMILES string of the molecule is COC(=O)CCC1(F)C(F)(F)C(F)(F)C(F)(F)C(F)(F)C1(F)F. The molecule has 0 aromatic carbocycles. The Balaban J connectivity index is 3.58. The van der Waals surface area contributed by atoms with Gasteiger partial charge in [0.1, 0.15) is 0 Å². The molecule has 1 rings (SSSR count). The van der Waals surface area contributed by atoms with Crippen molar-refractivity contribution in [3.05, 3.63) is 0 Å². The minimum absolute atomic E-state index is 0.571. The zero-order valence-electron chi connectivity index (χ0n) is 10.9. The van der Waals surface area contributed by atoms with E-state index < -0.39 is 54.1 Å². The van der Waals surface area contributed by atoms with Gasteiger partial charge in [-0.25, -0.2) is 4.39 Å². The summed E-state index contributed by atoms with van der Waals surface area (Å²) in [6, 6.07) is 0. The zero-order chi connectivity index (χ0) is 18.7. The summed E-state index contributed by atoms with van der Waals surface area (Å²) in [5.74, 6) is -37.0. The third-order valence-electron chi connectivity index (χ3n) is 3.47. The van der Waals surface area contributed by atoms with Gasteiger partial charge in [0.2, 0.25) is 5.67 Å². The van der Waals surface area contributed by atoms with Crippen LogP contribution in [0.1, 0.15) is 12.8 Å². The highest BCUT2D eigenvalue weighted by Crippen LogP contribution is 2.70. The highest BCUT2D eigenvalue weighted by atomic mass is 19.4. The first-order chi connectivity index (χ1) is 9.95. The van der Waals surface area contributed by atoms with Gasteiger partial charge in [-0.15, -0.1) is 0 Å². The lowest BCUT2D eigenvalue weighted by atomic mass is 9.70. The summed E-state index contributed by atoms with van der Waals surface area (Å²) < 4.78 is 149. The lowest BCUT2D eigenvalue weighted by Crippen LogP contribution is -2.83. The van der Waals surface area contributed by atoms with Crippen LogP contribution < -0.4 is 0 Å². The predicted octanol–water partition coefficient (Wildman–Crippen LogP) is 3.84. The van der Waals surface area contributed by atoms with Gasteiger partial charge in [0, 0.05) is 12.8 Å². The number of hydrogen-bond acceptors (Lipinski definition) is 2. The Bertz CT molecular complexity index is 469. The first kappa shape index (κ1) is 19.7. The smallest absolute Gasteiger partial charge is 0.384 e. The minimum atomic E-state index is -7.24. The molecule has 0 N–H and O–H groups in total. The van der Waals surface area contributed by atoms with Gasteiger partial charge >= 0.3 is 35.6 Å². The normalized spacial score (nSPS) is 28.9. The van der Waals surface area contributed by atoms with Crippen LogP contribution in [0.15, 0.2) is 0 Å². The molecule has 0 aromatic heterocycles. The Morgan fingerprint density at radius 2 is 1.00 bits per heavy atom. The van der Waals surface area contributed by atoms with Gasteiger partial charge in [-0.2, -0.15) is 43.9 Å². The molecule has 0 bridgehead atoms. The van der Waals surface area contributed by atoms with Gasteiger partial charge in [0.25, 0.3) is 0 Å². The van der Waals surface area contributed by atoms with Gasteiger partial charge in [-0.3, -0.25) is 4.79 Å². The highest BCUT2D eigenvalue weighted by Gasteiger charge is 3.00. The van der Waals surface area contributed by atoms with Crippen LogP contribution in [0.25, 0.3) is 0 Å². The van der Waals surface area contributed by atoms with Crippen molar-refractivity contribution in [1.82, 2.24) is 0 Å². The number of halogens is 11. The summed E-state index contributed by atoms with van der Waals surface area (Å²) >= 11 is 0. The maximum Gasteiger partial charge on any atom is 0.384 e. The van der Waals surface area contributed by atoms with Crippen LogP contribution in [0.3, 0.4) is 0 Å². The molecule has 1 aliphatic rings. The third-order valence-corrected chi connectivity index (χ3v) is 3.47. The molecule has 1 saturated carbocycles. The van der Waals surface area contributed by atoms with E-state index in [2.05, 4.69) is 4.74 Å². The summed E-state index contributed by atoms with van der Waals surface area (Å²) in [5, 5.41) is 0.